The predicted molar refractivity (Wildman–Crippen MR) is 64.8 cm³/mol. The van der Waals surface area contributed by atoms with Gasteiger partial charge in [-0.3, -0.25) is 0 Å². The molecule has 2 aromatic rings. The van der Waals surface area contributed by atoms with E-state index in [2.05, 4.69) is 4.98 Å². The van der Waals surface area contributed by atoms with Crippen LogP contribution in [0.1, 0.15) is 15.5 Å². The average Bonchev–Trinajstić information content (AvgIpc) is 2.76. The van der Waals surface area contributed by atoms with Gasteiger partial charge in [-0.15, -0.1) is 11.3 Å². The smallest absolute Gasteiger partial charge is 0.363 e. The van der Waals surface area contributed by atoms with Gasteiger partial charge >= 0.3 is 5.97 Å². The van der Waals surface area contributed by atoms with Crippen LogP contribution in [-0.2, 0) is 0 Å². The number of aryl methyl sites for hydroxylation is 1. The van der Waals surface area contributed by atoms with E-state index in [0.29, 0.717) is 17.2 Å². The van der Waals surface area contributed by atoms with Crippen molar-refractivity contribution in [1.29, 1.82) is 0 Å². The molecule has 0 fully saturated rings. The fourth-order valence-corrected chi connectivity index (χ4v) is 1.86. The van der Waals surface area contributed by atoms with E-state index in [-0.39, 0.29) is 0 Å². The molecule has 1 aromatic heterocycles. The lowest BCUT2D eigenvalue weighted by Crippen LogP contribution is -2.08. The highest BCUT2D eigenvalue weighted by Crippen LogP contribution is 2.20. The molecule has 0 N–H and O–H groups in total. The first-order chi connectivity index (χ1) is 8.19. The quantitative estimate of drug-likeness (QED) is 0.620. The number of aromatic nitrogens is 1. The molecule has 0 aliphatic heterocycles. The van der Waals surface area contributed by atoms with Gasteiger partial charge in [0, 0.05) is 11.4 Å². The first-order valence-corrected chi connectivity index (χ1v) is 5.85. The summed E-state index contributed by atoms with van der Waals surface area (Å²) in [5.41, 5.74) is 0.329. The van der Waals surface area contributed by atoms with E-state index in [9.17, 15) is 4.79 Å². The zero-order chi connectivity index (χ0) is 12.3. The molecule has 5 heteroatoms. The van der Waals surface area contributed by atoms with Crippen LogP contribution in [0.2, 0.25) is 0 Å². The highest BCUT2D eigenvalue weighted by Gasteiger charge is 2.12. The van der Waals surface area contributed by atoms with Crippen molar-refractivity contribution in [1.82, 2.24) is 4.98 Å². The fourth-order valence-electron chi connectivity index (χ4n) is 1.28. The van der Waals surface area contributed by atoms with Gasteiger partial charge in [-0.05, 0) is 19.1 Å². The number of ether oxygens (including phenoxy) is 2. The van der Waals surface area contributed by atoms with E-state index in [1.807, 2.05) is 6.92 Å². The van der Waals surface area contributed by atoms with Gasteiger partial charge in [0.15, 0.2) is 5.69 Å². The molecule has 0 aliphatic carbocycles. The Balaban J connectivity index is 2.12. The molecule has 1 aromatic carbocycles. The first kappa shape index (κ1) is 11.6. The van der Waals surface area contributed by atoms with Crippen LogP contribution < -0.4 is 9.47 Å². The molecule has 2 rings (SSSR count). The number of esters is 1. The van der Waals surface area contributed by atoms with Crippen LogP contribution in [0.25, 0.3) is 0 Å². The lowest BCUT2D eigenvalue weighted by atomic mass is 10.3. The Bertz CT molecular complexity index is 536. The van der Waals surface area contributed by atoms with Gasteiger partial charge in [0.2, 0.25) is 0 Å². The number of carbonyl (C=O) groups is 1. The average molecular weight is 249 g/mol. The van der Waals surface area contributed by atoms with Crippen molar-refractivity contribution in [3.8, 4) is 11.5 Å². The van der Waals surface area contributed by atoms with Gasteiger partial charge in [0.1, 0.15) is 11.5 Å². The molecular weight excluding hydrogens is 238 g/mol. The minimum absolute atomic E-state index is 0.329. The topological polar surface area (TPSA) is 48.4 Å². The number of rotatable bonds is 3. The maximum absolute atomic E-state index is 11.7. The van der Waals surface area contributed by atoms with Crippen LogP contribution in [0.5, 0.6) is 11.5 Å². The molecule has 17 heavy (non-hydrogen) atoms. The third-order valence-corrected chi connectivity index (χ3v) is 2.85. The third kappa shape index (κ3) is 2.82. The van der Waals surface area contributed by atoms with Gasteiger partial charge < -0.3 is 9.47 Å². The van der Waals surface area contributed by atoms with Crippen molar-refractivity contribution in [2.45, 2.75) is 6.92 Å². The Morgan fingerprint density at radius 2 is 2.12 bits per heavy atom. The number of nitrogens with zero attached hydrogens (tertiary/aromatic N) is 1. The highest BCUT2D eigenvalue weighted by atomic mass is 32.1. The molecule has 4 nitrogen and oxygen atoms in total. The van der Waals surface area contributed by atoms with E-state index in [0.717, 1.165) is 5.01 Å². The van der Waals surface area contributed by atoms with Crippen LogP contribution in [0, 0.1) is 6.92 Å². The summed E-state index contributed by atoms with van der Waals surface area (Å²) in [7, 11) is 1.56. The first-order valence-electron chi connectivity index (χ1n) is 4.97. The Kier molecular flexibility index (Phi) is 3.39. The monoisotopic (exact) mass is 249 g/mol. The molecule has 0 spiro atoms. The van der Waals surface area contributed by atoms with E-state index < -0.39 is 5.97 Å². The van der Waals surface area contributed by atoms with Crippen LogP contribution in [0.15, 0.2) is 29.6 Å². The van der Waals surface area contributed by atoms with Crippen LogP contribution in [0.4, 0.5) is 0 Å². The van der Waals surface area contributed by atoms with Crippen LogP contribution >= 0.6 is 11.3 Å². The lowest BCUT2D eigenvalue weighted by Gasteiger charge is -2.04. The van der Waals surface area contributed by atoms with Gasteiger partial charge in [-0.2, -0.15) is 0 Å². The zero-order valence-corrected chi connectivity index (χ0v) is 10.3. The van der Waals surface area contributed by atoms with Crippen molar-refractivity contribution in [2.24, 2.45) is 0 Å². The Labute approximate surface area is 103 Å². The van der Waals surface area contributed by atoms with E-state index in [1.165, 1.54) is 11.3 Å². The van der Waals surface area contributed by atoms with Crippen molar-refractivity contribution in [2.75, 3.05) is 7.11 Å². The second-order valence-corrected chi connectivity index (χ2v) is 4.38. The number of methoxy groups -OCH3 is 1. The van der Waals surface area contributed by atoms with Crippen molar-refractivity contribution in [3.05, 3.63) is 40.3 Å². The number of benzene rings is 1. The van der Waals surface area contributed by atoms with Crippen molar-refractivity contribution in [3.63, 3.8) is 0 Å². The molecule has 0 bridgehead atoms. The van der Waals surface area contributed by atoms with Gasteiger partial charge in [-0.1, -0.05) is 6.07 Å². The summed E-state index contributed by atoms with van der Waals surface area (Å²) < 4.78 is 10.2. The summed E-state index contributed by atoms with van der Waals surface area (Å²) in [6.45, 7) is 1.84. The minimum Gasteiger partial charge on any atom is -0.497 e. The summed E-state index contributed by atoms with van der Waals surface area (Å²) in [5.74, 6) is 0.632. The van der Waals surface area contributed by atoms with Crippen LogP contribution in [-0.4, -0.2) is 18.1 Å². The summed E-state index contributed by atoms with van der Waals surface area (Å²) >= 11 is 1.41. The van der Waals surface area contributed by atoms with Gasteiger partial charge in [0.25, 0.3) is 0 Å². The van der Waals surface area contributed by atoms with E-state index >= 15 is 0 Å². The fraction of sp³-hybridized carbons (Fsp3) is 0.167. The van der Waals surface area contributed by atoms with Gasteiger partial charge in [-0.25, -0.2) is 9.78 Å². The van der Waals surface area contributed by atoms with Crippen molar-refractivity contribution >= 4 is 17.3 Å². The number of hydrogen-bond acceptors (Lipinski definition) is 5. The molecule has 0 unspecified atom stereocenters. The normalized spacial score (nSPS) is 10.0. The minimum atomic E-state index is -0.456. The third-order valence-electron chi connectivity index (χ3n) is 2.08. The Morgan fingerprint density at radius 3 is 2.76 bits per heavy atom. The standard InChI is InChI=1S/C12H11NO3S/c1-8-13-11(7-17-8)12(14)16-10-5-3-4-9(6-10)15-2/h3-7H,1-2H3. The van der Waals surface area contributed by atoms with E-state index in [4.69, 9.17) is 9.47 Å². The lowest BCUT2D eigenvalue weighted by molar-refractivity contribution is 0.0729. The largest absolute Gasteiger partial charge is 0.497 e. The second-order valence-electron chi connectivity index (χ2n) is 3.32. The van der Waals surface area contributed by atoms with Gasteiger partial charge in [0.05, 0.1) is 12.1 Å². The molecule has 0 atom stereocenters. The molecule has 0 saturated carbocycles. The van der Waals surface area contributed by atoms with Crippen molar-refractivity contribution < 1.29 is 14.3 Å². The second kappa shape index (κ2) is 4.97. The summed E-state index contributed by atoms with van der Waals surface area (Å²) in [4.78, 5) is 15.8. The summed E-state index contributed by atoms with van der Waals surface area (Å²) in [5, 5.41) is 2.51. The predicted octanol–water partition coefficient (Wildman–Crippen LogP) is 2.68. The maximum Gasteiger partial charge on any atom is 0.363 e. The molecular formula is C12H11NO3S. The number of thiazole rings is 1. The summed E-state index contributed by atoms with van der Waals surface area (Å²) in [6, 6.07) is 6.88. The van der Waals surface area contributed by atoms with Crippen LogP contribution in [0.3, 0.4) is 0 Å². The molecule has 0 radical (unpaired) electrons. The molecule has 0 aliphatic rings. The molecule has 1 heterocycles. The molecule has 0 saturated heterocycles. The molecule has 88 valence electrons. The SMILES string of the molecule is COc1cccc(OC(=O)c2csc(C)n2)c1. The Hall–Kier alpha value is -1.88. The Morgan fingerprint density at radius 1 is 1.35 bits per heavy atom. The number of carbonyl (C=O) groups excluding carboxylic acids is 1. The van der Waals surface area contributed by atoms with E-state index in [1.54, 1.807) is 36.8 Å². The zero-order valence-electron chi connectivity index (χ0n) is 9.47. The number of hydrogen-bond donors (Lipinski definition) is 0. The summed E-state index contributed by atoms with van der Waals surface area (Å²) in [6.07, 6.45) is 0. The molecule has 0 amide bonds. The highest BCUT2D eigenvalue weighted by molar-refractivity contribution is 7.09. The maximum atomic E-state index is 11.7.